The van der Waals surface area contributed by atoms with Crippen LogP contribution in [0.25, 0.3) is 0 Å². The molecule has 0 saturated heterocycles. The molecule has 0 unspecified atom stereocenters. The Kier molecular flexibility index (Phi) is 5.02. The van der Waals surface area contributed by atoms with E-state index in [4.69, 9.17) is 0 Å². The van der Waals surface area contributed by atoms with Crippen molar-refractivity contribution in [3.8, 4) is 0 Å². The molecule has 2 aromatic heterocycles. The van der Waals surface area contributed by atoms with Gasteiger partial charge in [-0.1, -0.05) is 6.42 Å². The number of nitro groups is 1. The molecule has 24 heavy (non-hydrogen) atoms. The van der Waals surface area contributed by atoms with Gasteiger partial charge in [0.15, 0.2) is 0 Å². The second kappa shape index (κ2) is 7.37. The summed E-state index contributed by atoms with van der Waals surface area (Å²) in [6.45, 7) is 3.48. The van der Waals surface area contributed by atoms with Crippen LogP contribution in [0.15, 0.2) is 12.3 Å². The maximum Gasteiger partial charge on any atom is 0.290 e. The maximum atomic E-state index is 10.8. The van der Waals surface area contributed by atoms with E-state index in [-0.39, 0.29) is 5.69 Å². The number of hydrogen-bond acceptors (Lipinski definition) is 6. The molecule has 8 heteroatoms. The minimum Gasteiger partial charge on any atom is -0.370 e. The van der Waals surface area contributed by atoms with E-state index in [1.807, 2.05) is 0 Å². The van der Waals surface area contributed by atoms with Crippen molar-refractivity contribution in [1.82, 2.24) is 19.7 Å². The van der Waals surface area contributed by atoms with Gasteiger partial charge in [0.25, 0.3) is 5.69 Å². The van der Waals surface area contributed by atoms with Crippen molar-refractivity contribution in [2.45, 2.75) is 52.0 Å². The fourth-order valence-electron chi connectivity index (χ4n) is 3.03. The Morgan fingerprint density at radius 1 is 1.33 bits per heavy atom. The third kappa shape index (κ3) is 3.69. The highest BCUT2D eigenvalue weighted by Gasteiger charge is 2.14. The molecular weight excluding hydrogens is 308 g/mol. The van der Waals surface area contributed by atoms with Gasteiger partial charge in [0.2, 0.25) is 0 Å². The monoisotopic (exact) mass is 330 g/mol. The molecule has 0 aliphatic carbocycles. The Hall–Kier alpha value is -2.51. The smallest absolute Gasteiger partial charge is 0.290 e. The minimum atomic E-state index is -0.414. The van der Waals surface area contributed by atoms with Crippen molar-refractivity contribution in [1.29, 1.82) is 0 Å². The predicted molar refractivity (Wildman–Crippen MR) is 90.0 cm³/mol. The molecule has 0 saturated carbocycles. The molecule has 3 heterocycles. The maximum absolute atomic E-state index is 10.8. The van der Waals surface area contributed by atoms with Gasteiger partial charge in [-0.3, -0.25) is 10.1 Å². The van der Waals surface area contributed by atoms with Crippen LogP contribution in [0, 0.1) is 17.0 Å². The zero-order valence-electron chi connectivity index (χ0n) is 13.9. The Morgan fingerprint density at radius 2 is 2.21 bits per heavy atom. The second-order valence-corrected chi connectivity index (χ2v) is 6.14. The first-order valence-corrected chi connectivity index (χ1v) is 8.41. The molecule has 1 aliphatic rings. The van der Waals surface area contributed by atoms with E-state index >= 15 is 0 Å². The van der Waals surface area contributed by atoms with Gasteiger partial charge in [0.1, 0.15) is 23.7 Å². The van der Waals surface area contributed by atoms with Crippen LogP contribution in [0.4, 0.5) is 11.5 Å². The van der Waals surface area contributed by atoms with Gasteiger partial charge in [-0.25, -0.2) is 4.98 Å². The van der Waals surface area contributed by atoms with Crippen LogP contribution in [-0.4, -0.2) is 31.2 Å². The molecule has 0 spiro atoms. The summed E-state index contributed by atoms with van der Waals surface area (Å²) in [5.74, 6) is 2.84. The van der Waals surface area contributed by atoms with Gasteiger partial charge in [0.05, 0.1) is 4.92 Å². The SMILES string of the molecule is Cc1cc(NCCCc2nnc3n2CCCCC3)ncc1[N+](=O)[O-]. The number of aryl methyl sites for hydroxylation is 3. The Bertz CT molecular complexity index is 727. The molecule has 1 aliphatic heterocycles. The van der Waals surface area contributed by atoms with Gasteiger partial charge >= 0.3 is 0 Å². The van der Waals surface area contributed by atoms with Crippen LogP contribution in [0.1, 0.15) is 42.9 Å². The number of nitrogens with zero attached hydrogens (tertiary/aromatic N) is 5. The molecule has 2 aromatic rings. The summed E-state index contributed by atoms with van der Waals surface area (Å²) in [6.07, 6.45) is 7.76. The lowest BCUT2D eigenvalue weighted by atomic mass is 10.2. The topological polar surface area (TPSA) is 98.8 Å². The number of rotatable bonds is 6. The zero-order chi connectivity index (χ0) is 16.9. The summed E-state index contributed by atoms with van der Waals surface area (Å²) in [4.78, 5) is 14.5. The third-order valence-corrected chi connectivity index (χ3v) is 4.35. The van der Waals surface area contributed by atoms with Gasteiger partial charge < -0.3 is 9.88 Å². The number of pyridine rings is 1. The summed E-state index contributed by atoms with van der Waals surface area (Å²) in [7, 11) is 0. The molecule has 0 radical (unpaired) electrons. The van der Waals surface area contributed by atoms with Crippen LogP contribution >= 0.6 is 0 Å². The largest absolute Gasteiger partial charge is 0.370 e. The average molecular weight is 330 g/mol. The summed E-state index contributed by atoms with van der Waals surface area (Å²) < 4.78 is 2.27. The number of hydrogen-bond donors (Lipinski definition) is 1. The molecule has 3 rings (SSSR count). The molecule has 0 bridgehead atoms. The van der Waals surface area contributed by atoms with Gasteiger partial charge in [-0.15, -0.1) is 10.2 Å². The van der Waals surface area contributed by atoms with Gasteiger partial charge in [0, 0.05) is 31.5 Å². The highest BCUT2D eigenvalue weighted by Crippen LogP contribution is 2.19. The average Bonchev–Trinajstić information content (AvgIpc) is 2.78. The highest BCUT2D eigenvalue weighted by atomic mass is 16.6. The second-order valence-electron chi connectivity index (χ2n) is 6.14. The van der Waals surface area contributed by atoms with E-state index in [2.05, 4.69) is 25.1 Å². The molecule has 0 aromatic carbocycles. The molecule has 128 valence electrons. The quantitative estimate of drug-likeness (QED) is 0.496. The van der Waals surface area contributed by atoms with E-state index in [1.54, 1.807) is 13.0 Å². The Labute approximate surface area is 140 Å². The standard InChI is InChI=1S/C16H22N6O2/c1-12-10-14(18-11-13(12)22(23)24)17-8-5-7-16-20-19-15-6-3-2-4-9-21(15)16/h10-11H,2-9H2,1H3,(H,17,18). The van der Waals surface area contributed by atoms with E-state index in [0.29, 0.717) is 11.4 Å². The summed E-state index contributed by atoms with van der Waals surface area (Å²) in [5.41, 5.74) is 0.659. The van der Waals surface area contributed by atoms with E-state index in [1.165, 1.54) is 25.5 Å². The molecule has 0 atom stereocenters. The van der Waals surface area contributed by atoms with Crippen LogP contribution in [0.2, 0.25) is 0 Å². The van der Waals surface area contributed by atoms with E-state index in [9.17, 15) is 10.1 Å². The van der Waals surface area contributed by atoms with E-state index < -0.39 is 4.92 Å². The minimum absolute atomic E-state index is 0.0479. The van der Waals surface area contributed by atoms with Gasteiger partial charge in [-0.05, 0) is 32.3 Å². The molecule has 1 N–H and O–H groups in total. The third-order valence-electron chi connectivity index (χ3n) is 4.35. The predicted octanol–water partition coefficient (Wildman–Crippen LogP) is 2.66. The summed E-state index contributed by atoms with van der Waals surface area (Å²) >= 11 is 0. The van der Waals surface area contributed by atoms with Crippen LogP contribution in [0.5, 0.6) is 0 Å². The molecule has 8 nitrogen and oxygen atoms in total. The van der Waals surface area contributed by atoms with Gasteiger partial charge in [-0.2, -0.15) is 0 Å². The number of aromatic nitrogens is 4. The van der Waals surface area contributed by atoms with Crippen LogP contribution in [-0.2, 0) is 19.4 Å². The molecule has 0 fully saturated rings. The molecule has 0 amide bonds. The van der Waals surface area contributed by atoms with Crippen molar-refractivity contribution < 1.29 is 4.92 Å². The number of fused-ring (bicyclic) bond motifs is 1. The first-order valence-electron chi connectivity index (χ1n) is 8.41. The lowest BCUT2D eigenvalue weighted by Crippen LogP contribution is -2.09. The number of nitrogens with one attached hydrogen (secondary N) is 1. The fourth-order valence-corrected chi connectivity index (χ4v) is 3.03. The first kappa shape index (κ1) is 16.4. The molecular formula is C16H22N6O2. The highest BCUT2D eigenvalue weighted by molar-refractivity contribution is 5.46. The van der Waals surface area contributed by atoms with Crippen molar-refractivity contribution in [3.05, 3.63) is 39.6 Å². The van der Waals surface area contributed by atoms with Crippen LogP contribution in [0.3, 0.4) is 0 Å². The van der Waals surface area contributed by atoms with E-state index in [0.717, 1.165) is 44.0 Å². The lowest BCUT2D eigenvalue weighted by Gasteiger charge is -2.08. The first-order chi connectivity index (χ1) is 11.6. The normalized spacial score (nSPS) is 14.0. The lowest BCUT2D eigenvalue weighted by molar-refractivity contribution is -0.385. The Morgan fingerprint density at radius 3 is 3.00 bits per heavy atom. The van der Waals surface area contributed by atoms with Crippen molar-refractivity contribution >= 4 is 11.5 Å². The number of anilines is 1. The Balaban J connectivity index is 1.52. The van der Waals surface area contributed by atoms with Crippen molar-refractivity contribution in [3.63, 3.8) is 0 Å². The summed E-state index contributed by atoms with van der Waals surface area (Å²) in [6, 6.07) is 1.71. The van der Waals surface area contributed by atoms with Crippen molar-refractivity contribution in [2.24, 2.45) is 0 Å². The zero-order valence-corrected chi connectivity index (χ0v) is 13.9. The fraction of sp³-hybridized carbons (Fsp3) is 0.562. The summed E-state index contributed by atoms with van der Waals surface area (Å²) in [5, 5.41) is 22.6. The van der Waals surface area contributed by atoms with Crippen molar-refractivity contribution in [2.75, 3.05) is 11.9 Å². The van der Waals surface area contributed by atoms with Crippen LogP contribution < -0.4 is 5.32 Å².